The second-order valence-corrected chi connectivity index (χ2v) is 6.10. The van der Waals surface area contributed by atoms with Gasteiger partial charge in [-0.15, -0.1) is 0 Å². The molecule has 2 N–H and O–H groups in total. The lowest BCUT2D eigenvalue weighted by molar-refractivity contribution is -0.166. The second-order valence-electron chi connectivity index (χ2n) is 6.10. The molecule has 2 aromatic heterocycles. The first kappa shape index (κ1) is 19.5. The summed E-state index contributed by atoms with van der Waals surface area (Å²) < 4.78 is 23.1. The molecule has 0 bridgehead atoms. The Kier molecular flexibility index (Phi) is 5.40. The first-order valence-corrected chi connectivity index (χ1v) is 8.34. The molecule has 0 aliphatic carbocycles. The minimum Gasteiger partial charge on any atom is -0.463 e. The van der Waals surface area contributed by atoms with Crippen LogP contribution in [0.25, 0.3) is 11.2 Å². The van der Waals surface area contributed by atoms with E-state index in [1.54, 1.807) is 0 Å². The van der Waals surface area contributed by atoms with E-state index in [0.29, 0.717) is 11.2 Å². The van der Waals surface area contributed by atoms with E-state index in [1.807, 2.05) is 0 Å². The third-order valence-corrected chi connectivity index (χ3v) is 4.00. The smallest absolute Gasteiger partial charge is 0.303 e. The third kappa shape index (κ3) is 3.86. The number of ether oxygens (including phenoxy) is 4. The van der Waals surface area contributed by atoms with Gasteiger partial charge < -0.3 is 24.7 Å². The van der Waals surface area contributed by atoms with Gasteiger partial charge in [-0.25, -0.2) is 15.0 Å². The first-order chi connectivity index (χ1) is 13.3. The number of hydrogen-bond donors (Lipinski definition) is 1. The van der Waals surface area contributed by atoms with Crippen LogP contribution >= 0.6 is 0 Å². The van der Waals surface area contributed by atoms with Gasteiger partial charge >= 0.3 is 17.9 Å². The number of nitrogens with two attached hydrogens (primary N) is 1. The van der Waals surface area contributed by atoms with Gasteiger partial charge in [0, 0.05) is 20.8 Å². The molecule has 0 saturated carbocycles. The van der Waals surface area contributed by atoms with Crippen molar-refractivity contribution < 1.29 is 33.3 Å². The highest BCUT2D eigenvalue weighted by molar-refractivity contribution is 5.81. The fraction of sp³-hybridized carbons (Fsp3) is 0.500. The fourth-order valence-corrected chi connectivity index (χ4v) is 2.97. The zero-order valence-electron chi connectivity index (χ0n) is 15.4. The molecule has 4 atom stereocenters. The largest absolute Gasteiger partial charge is 0.463 e. The summed E-state index contributed by atoms with van der Waals surface area (Å²) in [7, 11) is 0. The van der Waals surface area contributed by atoms with E-state index < -0.39 is 42.4 Å². The summed E-state index contributed by atoms with van der Waals surface area (Å²) in [5.74, 6) is -1.59. The molecule has 0 amide bonds. The van der Waals surface area contributed by atoms with Crippen molar-refractivity contribution in [2.75, 3.05) is 12.3 Å². The molecule has 150 valence electrons. The normalized spacial score (nSPS) is 24.1. The van der Waals surface area contributed by atoms with Crippen LogP contribution in [0.2, 0.25) is 0 Å². The van der Waals surface area contributed by atoms with Crippen LogP contribution in [0.4, 0.5) is 5.82 Å². The molecule has 28 heavy (non-hydrogen) atoms. The van der Waals surface area contributed by atoms with E-state index in [1.165, 1.54) is 38.0 Å². The van der Waals surface area contributed by atoms with Crippen LogP contribution < -0.4 is 5.73 Å². The Morgan fingerprint density at radius 2 is 1.75 bits per heavy atom. The summed E-state index contributed by atoms with van der Waals surface area (Å²) in [4.78, 5) is 46.6. The third-order valence-electron chi connectivity index (χ3n) is 4.00. The van der Waals surface area contributed by atoms with Crippen LogP contribution in [0.1, 0.15) is 27.0 Å². The second kappa shape index (κ2) is 7.76. The maximum atomic E-state index is 11.7. The maximum Gasteiger partial charge on any atom is 0.303 e. The van der Waals surface area contributed by atoms with Crippen molar-refractivity contribution in [1.29, 1.82) is 0 Å². The number of rotatable bonds is 5. The minimum atomic E-state index is -1.03. The molecule has 1 aliphatic rings. The highest BCUT2D eigenvalue weighted by Crippen LogP contribution is 2.36. The lowest BCUT2D eigenvalue weighted by atomic mass is 10.1. The minimum absolute atomic E-state index is 0.166. The average molecular weight is 393 g/mol. The van der Waals surface area contributed by atoms with Gasteiger partial charge in [-0.05, 0) is 0 Å². The van der Waals surface area contributed by atoms with Crippen LogP contribution in [0.5, 0.6) is 0 Å². The number of imidazole rings is 1. The van der Waals surface area contributed by atoms with Gasteiger partial charge in [-0.3, -0.25) is 19.0 Å². The number of nitrogen functional groups attached to an aromatic ring is 1. The maximum absolute atomic E-state index is 11.7. The fourth-order valence-electron chi connectivity index (χ4n) is 2.97. The van der Waals surface area contributed by atoms with Crippen LogP contribution in [-0.2, 0) is 33.3 Å². The van der Waals surface area contributed by atoms with Crippen molar-refractivity contribution in [2.45, 2.75) is 45.3 Å². The Labute approximate surface area is 158 Å². The molecule has 0 radical (unpaired) electrons. The van der Waals surface area contributed by atoms with Crippen molar-refractivity contribution in [3.05, 3.63) is 12.7 Å². The number of carbonyl (C=O) groups is 3. The Bertz CT molecular complexity index is 914. The van der Waals surface area contributed by atoms with Crippen LogP contribution in [0.15, 0.2) is 12.7 Å². The molecular weight excluding hydrogens is 374 g/mol. The standard InChI is InChI=1S/C16H19N5O7/c1-7(22)25-4-10-12(26-8(2)23)13(27-9(3)24)16(28-10)21-6-20-11-14(17)18-5-19-15(11)21/h5-6,10,12-13,16H,4H2,1-3H3,(H2,17,18,19)/t10-,12+,13-,16-/m1/s1. The molecule has 0 aromatic carbocycles. The lowest BCUT2D eigenvalue weighted by Crippen LogP contribution is -2.40. The number of aromatic nitrogens is 4. The van der Waals surface area contributed by atoms with E-state index >= 15 is 0 Å². The summed E-state index contributed by atoms with van der Waals surface area (Å²) >= 11 is 0. The molecule has 12 nitrogen and oxygen atoms in total. The Balaban J connectivity index is 2.01. The zero-order valence-corrected chi connectivity index (χ0v) is 15.4. The highest BCUT2D eigenvalue weighted by atomic mass is 16.7. The molecule has 0 unspecified atom stereocenters. The van der Waals surface area contributed by atoms with E-state index in [-0.39, 0.29) is 12.4 Å². The van der Waals surface area contributed by atoms with Crippen molar-refractivity contribution in [2.24, 2.45) is 0 Å². The Hall–Kier alpha value is -3.28. The number of esters is 3. The van der Waals surface area contributed by atoms with Gasteiger partial charge in [0.05, 0.1) is 6.33 Å². The first-order valence-electron chi connectivity index (χ1n) is 8.34. The number of nitrogens with zero attached hydrogens (tertiary/aromatic N) is 4. The predicted molar refractivity (Wildman–Crippen MR) is 91.4 cm³/mol. The van der Waals surface area contributed by atoms with Crippen molar-refractivity contribution in [1.82, 2.24) is 19.5 Å². The molecule has 0 spiro atoms. The molecular formula is C16H19N5O7. The van der Waals surface area contributed by atoms with Gasteiger partial charge in [0.1, 0.15) is 24.6 Å². The number of carbonyl (C=O) groups excluding carboxylic acids is 3. The Morgan fingerprint density at radius 3 is 2.39 bits per heavy atom. The summed E-state index contributed by atoms with van der Waals surface area (Å²) in [5, 5.41) is 0. The molecule has 1 saturated heterocycles. The molecule has 1 fully saturated rings. The Morgan fingerprint density at radius 1 is 1.07 bits per heavy atom. The summed E-state index contributed by atoms with van der Waals surface area (Å²) in [5.41, 5.74) is 6.48. The molecule has 1 aliphatic heterocycles. The van der Waals surface area contributed by atoms with E-state index in [0.717, 1.165) is 0 Å². The van der Waals surface area contributed by atoms with E-state index in [4.69, 9.17) is 24.7 Å². The number of hydrogen-bond acceptors (Lipinski definition) is 11. The van der Waals surface area contributed by atoms with Gasteiger partial charge in [0.2, 0.25) is 0 Å². The monoisotopic (exact) mass is 393 g/mol. The van der Waals surface area contributed by atoms with Crippen LogP contribution in [0, 0.1) is 0 Å². The van der Waals surface area contributed by atoms with E-state index in [2.05, 4.69) is 15.0 Å². The number of anilines is 1. The quantitative estimate of drug-likeness (QED) is 0.526. The summed E-state index contributed by atoms with van der Waals surface area (Å²) in [6, 6.07) is 0. The summed E-state index contributed by atoms with van der Waals surface area (Å²) in [6.45, 7) is 3.46. The lowest BCUT2D eigenvalue weighted by Gasteiger charge is -2.23. The van der Waals surface area contributed by atoms with Crippen LogP contribution in [0.3, 0.4) is 0 Å². The van der Waals surface area contributed by atoms with Gasteiger partial charge in [0.15, 0.2) is 29.9 Å². The van der Waals surface area contributed by atoms with Crippen molar-refractivity contribution in [3.8, 4) is 0 Å². The molecule has 3 rings (SSSR count). The van der Waals surface area contributed by atoms with Gasteiger partial charge in [0.25, 0.3) is 0 Å². The topological polar surface area (TPSA) is 158 Å². The average Bonchev–Trinajstić information content (AvgIpc) is 3.16. The SMILES string of the molecule is CC(=O)OC[C@H]1O[C@@H](n2cnc3c(N)ncnc32)[C@H](OC(C)=O)[C@H]1OC(C)=O. The number of fused-ring (bicyclic) bond motifs is 1. The summed E-state index contributed by atoms with van der Waals surface area (Å²) in [6.07, 6.45) is -1.22. The predicted octanol–water partition coefficient (Wildman–Crippen LogP) is -0.268. The van der Waals surface area contributed by atoms with Crippen molar-refractivity contribution in [3.63, 3.8) is 0 Å². The highest BCUT2D eigenvalue weighted by Gasteiger charge is 2.51. The van der Waals surface area contributed by atoms with Crippen LogP contribution in [-0.4, -0.2) is 62.3 Å². The van der Waals surface area contributed by atoms with Gasteiger partial charge in [-0.1, -0.05) is 0 Å². The molecule has 12 heteroatoms. The molecule has 3 heterocycles. The van der Waals surface area contributed by atoms with E-state index in [9.17, 15) is 14.4 Å². The van der Waals surface area contributed by atoms with Crippen molar-refractivity contribution >= 4 is 34.9 Å². The van der Waals surface area contributed by atoms with Gasteiger partial charge in [-0.2, -0.15) is 0 Å². The zero-order chi connectivity index (χ0) is 20.4. The molecule has 2 aromatic rings.